The highest BCUT2D eigenvalue weighted by Gasteiger charge is 2.20. The topological polar surface area (TPSA) is 89.3 Å². The fraction of sp³-hybridized carbons (Fsp3) is 0.308. The van der Waals surface area contributed by atoms with E-state index in [0.29, 0.717) is 10.2 Å². The van der Waals surface area contributed by atoms with Crippen molar-refractivity contribution >= 4 is 37.5 Å². The number of sulfonamides is 1. The molecule has 0 spiro atoms. The molecule has 1 aromatic rings. The van der Waals surface area contributed by atoms with Crippen molar-refractivity contribution in [3.05, 3.63) is 34.8 Å². The lowest BCUT2D eigenvalue weighted by Crippen LogP contribution is -2.23. The van der Waals surface area contributed by atoms with Crippen LogP contribution in [0.5, 0.6) is 0 Å². The molecule has 0 bridgehead atoms. The summed E-state index contributed by atoms with van der Waals surface area (Å²) < 4.78 is 22.9. The predicted molar refractivity (Wildman–Crippen MR) is 80.6 cm³/mol. The summed E-state index contributed by atoms with van der Waals surface area (Å²) in [6.07, 6.45) is 6.55. The van der Waals surface area contributed by atoms with Crippen LogP contribution in [0.1, 0.15) is 19.3 Å². The summed E-state index contributed by atoms with van der Waals surface area (Å²) in [4.78, 5) is 12.1. The van der Waals surface area contributed by atoms with Crippen LogP contribution in [0.15, 0.2) is 39.7 Å². The summed E-state index contributed by atoms with van der Waals surface area (Å²) in [5, 5.41) is 7.85. The van der Waals surface area contributed by atoms with E-state index in [4.69, 9.17) is 5.14 Å². The zero-order valence-electron chi connectivity index (χ0n) is 10.7. The average molecular weight is 359 g/mol. The Bertz CT molecular complexity index is 656. The number of nitrogens with two attached hydrogens (primary N) is 1. The number of anilines is 1. The van der Waals surface area contributed by atoms with Crippen molar-refractivity contribution in [1.82, 2.24) is 0 Å². The molecule has 0 heterocycles. The van der Waals surface area contributed by atoms with Gasteiger partial charge in [0.25, 0.3) is 0 Å². The van der Waals surface area contributed by atoms with Crippen LogP contribution >= 0.6 is 15.9 Å². The first-order valence-electron chi connectivity index (χ1n) is 6.16. The lowest BCUT2D eigenvalue weighted by atomic mass is 9.93. The maximum atomic E-state index is 12.1. The van der Waals surface area contributed by atoms with E-state index in [1.165, 1.54) is 18.2 Å². The molecule has 1 unspecified atom stereocenters. The highest BCUT2D eigenvalue weighted by Crippen LogP contribution is 2.27. The van der Waals surface area contributed by atoms with E-state index in [1.807, 2.05) is 6.08 Å². The van der Waals surface area contributed by atoms with E-state index in [1.54, 1.807) is 0 Å². The van der Waals surface area contributed by atoms with Crippen LogP contribution in [-0.4, -0.2) is 14.3 Å². The van der Waals surface area contributed by atoms with E-state index in [9.17, 15) is 13.2 Å². The number of benzene rings is 1. The number of allylic oxidation sites excluding steroid dienone is 2. The van der Waals surface area contributed by atoms with Gasteiger partial charge in [0.1, 0.15) is 0 Å². The number of primary sulfonamides is 1. The van der Waals surface area contributed by atoms with Crippen molar-refractivity contribution in [2.24, 2.45) is 11.1 Å². The first kappa shape index (κ1) is 15.2. The predicted octanol–water partition coefficient (Wildman–Crippen LogP) is 2.39. The largest absolute Gasteiger partial charge is 0.325 e. The van der Waals surface area contributed by atoms with Crippen molar-refractivity contribution in [3.63, 3.8) is 0 Å². The van der Waals surface area contributed by atoms with E-state index in [0.717, 1.165) is 19.3 Å². The summed E-state index contributed by atoms with van der Waals surface area (Å²) in [7, 11) is -3.74. The maximum absolute atomic E-state index is 12.1. The number of halogens is 1. The Morgan fingerprint density at radius 2 is 2.10 bits per heavy atom. The minimum absolute atomic E-state index is 0.00275. The second-order valence-corrected chi connectivity index (χ2v) is 7.07. The standard InChI is InChI=1S/C13H15BrN2O3S/c14-11-8-10(20(15,18)19)6-7-12(11)16-13(17)9-4-2-1-3-5-9/h1-2,6-9H,3-5H2,(H,16,17)(H2,15,18,19). The number of nitrogens with one attached hydrogen (secondary N) is 1. The Balaban J connectivity index is 2.14. The number of carbonyl (C=O) groups excluding carboxylic acids is 1. The number of amides is 1. The van der Waals surface area contributed by atoms with Gasteiger partial charge in [-0.25, -0.2) is 13.6 Å². The van der Waals surface area contributed by atoms with E-state index in [2.05, 4.69) is 27.3 Å². The van der Waals surface area contributed by atoms with Crippen LogP contribution in [0.3, 0.4) is 0 Å². The number of hydrogen-bond donors (Lipinski definition) is 2. The van der Waals surface area contributed by atoms with Crippen LogP contribution in [0.25, 0.3) is 0 Å². The normalized spacial score (nSPS) is 18.8. The first-order chi connectivity index (χ1) is 9.38. The third-order valence-corrected chi connectivity index (χ3v) is 4.73. The minimum atomic E-state index is -3.74. The molecule has 1 aromatic carbocycles. The lowest BCUT2D eigenvalue weighted by molar-refractivity contribution is -0.120. The molecule has 20 heavy (non-hydrogen) atoms. The van der Waals surface area contributed by atoms with Crippen molar-refractivity contribution in [2.75, 3.05) is 5.32 Å². The number of hydrogen-bond acceptors (Lipinski definition) is 3. The molecule has 0 saturated carbocycles. The SMILES string of the molecule is NS(=O)(=O)c1ccc(NC(=O)C2CC=CCC2)c(Br)c1. The molecule has 1 atom stereocenters. The lowest BCUT2D eigenvalue weighted by Gasteiger charge is -2.18. The molecule has 2 rings (SSSR count). The first-order valence-corrected chi connectivity index (χ1v) is 8.50. The fourth-order valence-corrected chi connectivity index (χ4v) is 3.21. The van der Waals surface area contributed by atoms with Crippen LogP contribution in [0.2, 0.25) is 0 Å². The molecule has 108 valence electrons. The Kier molecular flexibility index (Phi) is 4.62. The Morgan fingerprint density at radius 1 is 1.35 bits per heavy atom. The summed E-state index contributed by atoms with van der Waals surface area (Å²) in [5.74, 6) is -0.0942. The second-order valence-electron chi connectivity index (χ2n) is 4.66. The van der Waals surface area contributed by atoms with Crippen LogP contribution in [-0.2, 0) is 14.8 Å². The zero-order chi connectivity index (χ0) is 14.8. The van der Waals surface area contributed by atoms with E-state index < -0.39 is 10.0 Å². The average Bonchev–Trinajstić information content (AvgIpc) is 2.41. The summed E-state index contributed by atoms with van der Waals surface area (Å²) in [6, 6.07) is 4.28. The number of carbonyl (C=O) groups is 1. The molecule has 1 aliphatic rings. The van der Waals surface area contributed by atoms with Gasteiger partial charge in [0, 0.05) is 10.4 Å². The molecule has 0 saturated heterocycles. The van der Waals surface area contributed by atoms with Gasteiger partial charge in [-0.15, -0.1) is 0 Å². The molecule has 0 aliphatic heterocycles. The summed E-state index contributed by atoms with van der Waals surface area (Å²) in [5.41, 5.74) is 0.539. The van der Waals surface area contributed by atoms with Gasteiger partial charge < -0.3 is 5.32 Å². The van der Waals surface area contributed by atoms with Gasteiger partial charge in [-0.3, -0.25) is 4.79 Å². The Hall–Kier alpha value is -1.18. The fourth-order valence-electron chi connectivity index (χ4n) is 2.04. The van der Waals surface area contributed by atoms with E-state index in [-0.39, 0.29) is 16.7 Å². The molecule has 0 fully saturated rings. The summed E-state index contributed by atoms with van der Waals surface area (Å²) >= 11 is 3.24. The van der Waals surface area contributed by atoms with Gasteiger partial charge in [-0.1, -0.05) is 12.2 Å². The third-order valence-electron chi connectivity index (χ3n) is 3.17. The molecular formula is C13H15BrN2O3S. The smallest absolute Gasteiger partial charge is 0.238 e. The molecule has 5 nitrogen and oxygen atoms in total. The highest BCUT2D eigenvalue weighted by atomic mass is 79.9. The Morgan fingerprint density at radius 3 is 2.65 bits per heavy atom. The van der Waals surface area contributed by atoms with Gasteiger partial charge >= 0.3 is 0 Å². The van der Waals surface area contributed by atoms with Gasteiger partial charge in [0.2, 0.25) is 15.9 Å². The summed E-state index contributed by atoms with van der Waals surface area (Å²) in [6.45, 7) is 0. The molecule has 1 aliphatic carbocycles. The quantitative estimate of drug-likeness (QED) is 0.812. The van der Waals surface area contributed by atoms with Crippen molar-refractivity contribution in [1.29, 1.82) is 0 Å². The maximum Gasteiger partial charge on any atom is 0.238 e. The Labute approximate surface area is 126 Å². The van der Waals surface area contributed by atoms with Crippen molar-refractivity contribution in [3.8, 4) is 0 Å². The molecule has 3 N–H and O–H groups in total. The van der Waals surface area contributed by atoms with Gasteiger partial charge in [0.05, 0.1) is 10.6 Å². The van der Waals surface area contributed by atoms with Crippen LogP contribution in [0, 0.1) is 5.92 Å². The molecule has 1 amide bonds. The van der Waals surface area contributed by atoms with Gasteiger partial charge in [0.15, 0.2) is 0 Å². The third kappa shape index (κ3) is 3.68. The highest BCUT2D eigenvalue weighted by molar-refractivity contribution is 9.10. The zero-order valence-corrected chi connectivity index (χ0v) is 13.1. The number of rotatable bonds is 3. The molecule has 7 heteroatoms. The second kappa shape index (κ2) is 6.07. The van der Waals surface area contributed by atoms with Crippen molar-refractivity contribution in [2.45, 2.75) is 24.2 Å². The van der Waals surface area contributed by atoms with Crippen LogP contribution < -0.4 is 10.5 Å². The molecule has 0 aromatic heterocycles. The molecular weight excluding hydrogens is 344 g/mol. The van der Waals surface area contributed by atoms with Crippen molar-refractivity contribution < 1.29 is 13.2 Å². The minimum Gasteiger partial charge on any atom is -0.325 e. The van der Waals surface area contributed by atoms with Gasteiger partial charge in [-0.2, -0.15) is 0 Å². The molecule has 0 radical (unpaired) electrons. The monoisotopic (exact) mass is 358 g/mol. The van der Waals surface area contributed by atoms with Gasteiger partial charge in [-0.05, 0) is 53.4 Å². The van der Waals surface area contributed by atoms with Crippen LogP contribution in [0.4, 0.5) is 5.69 Å². The van der Waals surface area contributed by atoms with E-state index >= 15 is 0 Å².